The van der Waals surface area contributed by atoms with E-state index in [0.29, 0.717) is 11.1 Å². The fraction of sp³-hybridized carbons (Fsp3) is 0.310. The highest BCUT2D eigenvalue weighted by molar-refractivity contribution is 5.82. The molecule has 5 rings (SSSR count). The number of fused-ring (bicyclic) bond motifs is 1. The van der Waals surface area contributed by atoms with E-state index in [2.05, 4.69) is 10.6 Å². The first-order valence-corrected chi connectivity index (χ1v) is 12.7. The van der Waals surface area contributed by atoms with Crippen molar-refractivity contribution >= 4 is 23.0 Å². The number of primary amides is 1. The molecule has 1 saturated carbocycles. The summed E-state index contributed by atoms with van der Waals surface area (Å²) in [4.78, 5) is 29.4. The predicted molar refractivity (Wildman–Crippen MR) is 145 cm³/mol. The lowest BCUT2D eigenvalue weighted by Gasteiger charge is -2.22. The molecule has 1 fully saturated rings. The van der Waals surface area contributed by atoms with Crippen LogP contribution in [0.25, 0.3) is 16.6 Å². The lowest BCUT2D eigenvalue weighted by atomic mass is 9.88. The number of nitrogens with zero attached hydrogens (tertiary/aromatic N) is 4. The van der Waals surface area contributed by atoms with Gasteiger partial charge in [0.15, 0.2) is 6.61 Å². The van der Waals surface area contributed by atoms with Gasteiger partial charge in [-0.2, -0.15) is 9.78 Å². The normalized spacial score (nSPS) is 14.4. The first-order chi connectivity index (χ1) is 17.9. The lowest BCUT2D eigenvalue weighted by Crippen LogP contribution is -2.25. The standard InChI is InChI=1S/C29H31N5O3/c1-19-16-22(20(2)33(19)23-12-14-24(15-13-23)37-18-27(30)35)17-31-34-28(21-8-4-3-5-9-21)32-26-11-7-6-10-25(26)29(34)36/h6-7,10-17,21H,3-5,8-9,18H2,1-2H3,(H2,30,35). The summed E-state index contributed by atoms with van der Waals surface area (Å²) >= 11 is 0. The van der Waals surface area contributed by atoms with Crippen LogP contribution in [0.15, 0.2) is 64.5 Å². The molecule has 1 aliphatic rings. The number of rotatable bonds is 7. The Morgan fingerprint density at radius 3 is 2.57 bits per heavy atom. The Bertz CT molecular complexity index is 1530. The number of aromatic nitrogens is 3. The van der Waals surface area contributed by atoms with E-state index in [1.807, 2.05) is 62.4 Å². The van der Waals surface area contributed by atoms with Gasteiger partial charge in [-0.05, 0) is 69.2 Å². The van der Waals surface area contributed by atoms with E-state index in [4.69, 9.17) is 20.6 Å². The SMILES string of the molecule is Cc1cc(C=Nn2c(C3CCCCC3)nc3ccccc3c2=O)c(C)n1-c1ccc(OCC(N)=O)cc1. The van der Waals surface area contributed by atoms with Gasteiger partial charge in [0.05, 0.1) is 17.1 Å². The highest BCUT2D eigenvalue weighted by Crippen LogP contribution is 2.32. The zero-order valence-electron chi connectivity index (χ0n) is 21.2. The number of para-hydroxylation sites is 1. The Balaban J connectivity index is 1.50. The van der Waals surface area contributed by atoms with Gasteiger partial charge in [-0.1, -0.05) is 31.4 Å². The first kappa shape index (κ1) is 24.5. The third kappa shape index (κ3) is 5.05. The van der Waals surface area contributed by atoms with Crippen LogP contribution in [-0.2, 0) is 4.79 Å². The van der Waals surface area contributed by atoms with Crippen LogP contribution in [0.4, 0.5) is 0 Å². The van der Waals surface area contributed by atoms with E-state index in [-0.39, 0.29) is 18.1 Å². The lowest BCUT2D eigenvalue weighted by molar-refractivity contribution is -0.119. The molecule has 8 nitrogen and oxygen atoms in total. The second-order valence-electron chi connectivity index (χ2n) is 9.59. The largest absolute Gasteiger partial charge is 0.484 e. The summed E-state index contributed by atoms with van der Waals surface area (Å²) in [7, 11) is 0. The number of hydrogen-bond acceptors (Lipinski definition) is 5. The fourth-order valence-electron chi connectivity index (χ4n) is 5.16. The zero-order valence-corrected chi connectivity index (χ0v) is 21.2. The van der Waals surface area contributed by atoms with E-state index >= 15 is 0 Å². The summed E-state index contributed by atoms with van der Waals surface area (Å²) in [5, 5.41) is 5.28. The van der Waals surface area contributed by atoms with Crippen LogP contribution in [0, 0.1) is 13.8 Å². The van der Waals surface area contributed by atoms with Gasteiger partial charge in [0.25, 0.3) is 11.5 Å². The van der Waals surface area contributed by atoms with E-state index in [9.17, 15) is 9.59 Å². The summed E-state index contributed by atoms with van der Waals surface area (Å²) in [6.45, 7) is 3.89. The van der Waals surface area contributed by atoms with Gasteiger partial charge in [-0.25, -0.2) is 4.98 Å². The Kier molecular flexibility index (Phi) is 6.90. The molecule has 0 unspecified atom stereocenters. The molecule has 8 heteroatoms. The Morgan fingerprint density at radius 1 is 1.11 bits per heavy atom. The van der Waals surface area contributed by atoms with Crippen LogP contribution in [0.2, 0.25) is 0 Å². The maximum absolute atomic E-state index is 13.5. The minimum Gasteiger partial charge on any atom is -0.484 e. The molecule has 4 aromatic rings. The highest BCUT2D eigenvalue weighted by atomic mass is 16.5. The van der Waals surface area contributed by atoms with E-state index < -0.39 is 5.91 Å². The molecule has 0 spiro atoms. The van der Waals surface area contributed by atoms with Crippen molar-refractivity contribution in [3.63, 3.8) is 0 Å². The van der Waals surface area contributed by atoms with E-state index in [1.54, 1.807) is 6.21 Å². The molecule has 2 N–H and O–H groups in total. The minimum absolute atomic E-state index is 0.136. The molecule has 0 bridgehead atoms. The number of amides is 1. The smallest absolute Gasteiger partial charge is 0.282 e. The molecule has 0 atom stereocenters. The van der Waals surface area contributed by atoms with Crippen LogP contribution in [0.3, 0.4) is 0 Å². The van der Waals surface area contributed by atoms with Gasteiger partial charge < -0.3 is 15.0 Å². The molecular weight excluding hydrogens is 466 g/mol. The Hall–Kier alpha value is -4.20. The molecule has 2 aromatic carbocycles. The average molecular weight is 498 g/mol. The Labute approximate surface area is 215 Å². The molecule has 0 radical (unpaired) electrons. The second kappa shape index (κ2) is 10.4. The van der Waals surface area contributed by atoms with Gasteiger partial charge in [0, 0.05) is 28.6 Å². The van der Waals surface area contributed by atoms with Crippen molar-refractivity contribution in [3.05, 3.63) is 87.7 Å². The van der Waals surface area contributed by atoms with Crippen molar-refractivity contribution in [3.8, 4) is 11.4 Å². The molecule has 0 saturated heterocycles. The maximum Gasteiger partial charge on any atom is 0.282 e. The highest BCUT2D eigenvalue weighted by Gasteiger charge is 2.22. The van der Waals surface area contributed by atoms with E-state index in [0.717, 1.165) is 59.7 Å². The Morgan fingerprint density at radius 2 is 1.84 bits per heavy atom. The third-order valence-electron chi connectivity index (χ3n) is 7.01. The number of benzene rings is 2. The summed E-state index contributed by atoms with van der Waals surface area (Å²) in [6.07, 6.45) is 7.31. The van der Waals surface area contributed by atoms with Crippen LogP contribution < -0.4 is 16.0 Å². The molecule has 1 aliphatic carbocycles. The van der Waals surface area contributed by atoms with Crippen molar-refractivity contribution in [1.29, 1.82) is 0 Å². The average Bonchev–Trinajstić information content (AvgIpc) is 3.20. The molecule has 2 aromatic heterocycles. The number of nitrogens with two attached hydrogens (primary N) is 1. The number of ether oxygens (including phenoxy) is 1. The quantitative estimate of drug-likeness (QED) is 0.377. The fourth-order valence-corrected chi connectivity index (χ4v) is 5.16. The summed E-state index contributed by atoms with van der Waals surface area (Å²) in [5.74, 6) is 1.04. The topological polar surface area (TPSA) is 104 Å². The number of carbonyl (C=O) groups excluding carboxylic acids is 1. The summed E-state index contributed by atoms with van der Waals surface area (Å²) < 4.78 is 8.99. The molecule has 2 heterocycles. The number of carbonyl (C=O) groups is 1. The van der Waals surface area contributed by atoms with Crippen molar-refractivity contribution in [2.45, 2.75) is 51.9 Å². The summed E-state index contributed by atoms with van der Waals surface area (Å²) in [5.41, 5.74) is 9.64. The monoisotopic (exact) mass is 497 g/mol. The van der Waals surface area contributed by atoms with Crippen LogP contribution in [-0.4, -0.2) is 33.0 Å². The van der Waals surface area contributed by atoms with Gasteiger partial charge in [0.1, 0.15) is 11.6 Å². The molecule has 37 heavy (non-hydrogen) atoms. The van der Waals surface area contributed by atoms with Crippen molar-refractivity contribution in [2.24, 2.45) is 10.8 Å². The zero-order chi connectivity index (χ0) is 25.9. The van der Waals surface area contributed by atoms with E-state index in [1.165, 1.54) is 11.1 Å². The predicted octanol–water partition coefficient (Wildman–Crippen LogP) is 4.60. The van der Waals surface area contributed by atoms with Gasteiger partial charge in [-0.3, -0.25) is 9.59 Å². The molecular formula is C29H31N5O3. The van der Waals surface area contributed by atoms with Gasteiger partial charge in [0.2, 0.25) is 0 Å². The second-order valence-corrected chi connectivity index (χ2v) is 9.59. The summed E-state index contributed by atoms with van der Waals surface area (Å²) in [6, 6.07) is 17.0. The van der Waals surface area contributed by atoms with Crippen molar-refractivity contribution in [2.75, 3.05) is 6.61 Å². The maximum atomic E-state index is 13.5. The first-order valence-electron chi connectivity index (χ1n) is 12.7. The van der Waals surface area contributed by atoms with Crippen molar-refractivity contribution < 1.29 is 9.53 Å². The van der Waals surface area contributed by atoms with Crippen LogP contribution in [0.5, 0.6) is 5.75 Å². The number of aryl methyl sites for hydroxylation is 1. The third-order valence-corrected chi connectivity index (χ3v) is 7.01. The van der Waals surface area contributed by atoms with Crippen LogP contribution in [0.1, 0.15) is 60.8 Å². The van der Waals surface area contributed by atoms with Crippen molar-refractivity contribution in [1.82, 2.24) is 14.2 Å². The van der Waals surface area contributed by atoms with Gasteiger partial charge >= 0.3 is 0 Å². The van der Waals surface area contributed by atoms with Crippen LogP contribution >= 0.6 is 0 Å². The minimum atomic E-state index is -0.516. The number of hydrogen-bond donors (Lipinski definition) is 1. The van der Waals surface area contributed by atoms with Gasteiger partial charge in [-0.15, -0.1) is 0 Å². The molecule has 190 valence electrons. The molecule has 1 amide bonds. The molecule has 0 aliphatic heterocycles.